The van der Waals surface area contributed by atoms with E-state index >= 15 is 0 Å². The summed E-state index contributed by atoms with van der Waals surface area (Å²) in [5.41, 5.74) is 1.57. The van der Waals surface area contributed by atoms with E-state index in [-0.39, 0.29) is 5.60 Å². The molecule has 1 aliphatic heterocycles. The van der Waals surface area contributed by atoms with Gasteiger partial charge in [0.05, 0.1) is 0 Å². The third-order valence-electron chi connectivity index (χ3n) is 4.26. The highest BCUT2D eigenvalue weighted by Crippen LogP contribution is 2.62. The Morgan fingerprint density at radius 3 is 2.43 bits per heavy atom. The first-order chi connectivity index (χ1) is 6.91. The van der Waals surface area contributed by atoms with Crippen molar-refractivity contribution in [3.63, 3.8) is 0 Å². The lowest BCUT2D eigenvalue weighted by Crippen LogP contribution is -2.35. The van der Waals surface area contributed by atoms with Crippen LogP contribution in [0, 0.1) is 11.8 Å². The average molecular weight is 192 g/mol. The molecule has 2 saturated carbocycles. The van der Waals surface area contributed by atoms with Gasteiger partial charge in [0.15, 0.2) is 0 Å². The van der Waals surface area contributed by atoms with E-state index in [4.69, 9.17) is 9.78 Å². The third-order valence-corrected chi connectivity index (χ3v) is 4.26. The van der Waals surface area contributed by atoms with Crippen LogP contribution in [-0.2, 0) is 9.78 Å². The van der Waals surface area contributed by atoms with Gasteiger partial charge in [0.25, 0.3) is 0 Å². The highest BCUT2D eigenvalue weighted by Gasteiger charge is 2.63. The Hall–Kier alpha value is -0.340. The Kier molecular flexibility index (Phi) is 1.36. The zero-order valence-corrected chi connectivity index (χ0v) is 8.37. The molecule has 0 spiro atoms. The molecule has 4 aliphatic rings. The van der Waals surface area contributed by atoms with E-state index in [1.165, 1.54) is 37.7 Å². The van der Waals surface area contributed by atoms with Crippen LogP contribution >= 0.6 is 0 Å². The zero-order chi connectivity index (χ0) is 9.17. The van der Waals surface area contributed by atoms with Gasteiger partial charge in [-0.1, -0.05) is 6.08 Å². The molecule has 1 saturated heterocycles. The first-order valence-electron chi connectivity index (χ1n) is 5.96. The fraction of sp³-hybridized carbons (Fsp3) is 0.833. The zero-order valence-electron chi connectivity index (χ0n) is 8.37. The van der Waals surface area contributed by atoms with Crippen molar-refractivity contribution in [2.75, 3.05) is 0 Å². The molecule has 0 aromatic rings. The normalized spacial score (nSPS) is 39.7. The van der Waals surface area contributed by atoms with Crippen LogP contribution in [0.2, 0.25) is 0 Å². The van der Waals surface area contributed by atoms with Crippen molar-refractivity contribution in [1.29, 1.82) is 0 Å². The van der Waals surface area contributed by atoms with E-state index < -0.39 is 0 Å². The number of hydrogen-bond acceptors (Lipinski definition) is 2. The Morgan fingerprint density at radius 2 is 1.79 bits per heavy atom. The summed E-state index contributed by atoms with van der Waals surface area (Å²) in [5.74, 6) is 1.56. The molecule has 0 radical (unpaired) electrons. The minimum Gasteiger partial charge on any atom is -0.228 e. The lowest BCUT2D eigenvalue weighted by molar-refractivity contribution is -0.335. The summed E-state index contributed by atoms with van der Waals surface area (Å²) < 4.78 is 0. The summed E-state index contributed by atoms with van der Waals surface area (Å²) in [6, 6.07) is 0. The summed E-state index contributed by atoms with van der Waals surface area (Å²) in [4.78, 5) is 11.3. The largest absolute Gasteiger partial charge is 0.228 e. The van der Waals surface area contributed by atoms with Gasteiger partial charge in [0.1, 0.15) is 11.7 Å². The minimum absolute atomic E-state index is 0.0567. The quantitative estimate of drug-likeness (QED) is 0.494. The molecule has 0 amide bonds. The molecule has 3 fully saturated rings. The standard InChI is InChI=1S/C12H16O2/c1-2-10-11(3-1)13-14-12(10,8-4-5-8)9-6-7-9/h2,8-9,11H,1,3-7H2. The van der Waals surface area contributed by atoms with Gasteiger partial charge in [-0.3, -0.25) is 0 Å². The lowest BCUT2D eigenvalue weighted by atomic mass is 9.83. The van der Waals surface area contributed by atoms with Crippen molar-refractivity contribution in [3.8, 4) is 0 Å². The molecular weight excluding hydrogens is 176 g/mol. The van der Waals surface area contributed by atoms with Crippen molar-refractivity contribution >= 4 is 0 Å². The molecule has 2 nitrogen and oxygen atoms in total. The topological polar surface area (TPSA) is 18.5 Å². The highest BCUT2D eigenvalue weighted by molar-refractivity contribution is 5.34. The van der Waals surface area contributed by atoms with Crippen LogP contribution in [0.15, 0.2) is 11.6 Å². The van der Waals surface area contributed by atoms with Crippen molar-refractivity contribution in [2.45, 2.75) is 50.2 Å². The average Bonchev–Trinajstić information content (AvgIpc) is 3.08. The van der Waals surface area contributed by atoms with E-state index in [0.717, 1.165) is 18.3 Å². The lowest BCUT2D eigenvalue weighted by Gasteiger charge is -2.27. The second kappa shape index (κ2) is 2.42. The van der Waals surface area contributed by atoms with E-state index in [2.05, 4.69) is 6.08 Å². The van der Waals surface area contributed by atoms with Crippen molar-refractivity contribution < 1.29 is 9.78 Å². The van der Waals surface area contributed by atoms with Crippen molar-refractivity contribution in [1.82, 2.24) is 0 Å². The summed E-state index contributed by atoms with van der Waals surface area (Å²) in [6.45, 7) is 0. The predicted molar refractivity (Wildman–Crippen MR) is 51.5 cm³/mol. The van der Waals surface area contributed by atoms with Gasteiger partial charge >= 0.3 is 0 Å². The Labute approximate surface area is 84.2 Å². The summed E-state index contributed by atoms with van der Waals surface area (Å²) >= 11 is 0. The molecule has 1 heterocycles. The fourth-order valence-corrected chi connectivity index (χ4v) is 3.34. The Morgan fingerprint density at radius 1 is 1.07 bits per heavy atom. The molecule has 2 heteroatoms. The molecule has 14 heavy (non-hydrogen) atoms. The molecule has 0 aromatic heterocycles. The van der Waals surface area contributed by atoms with Crippen LogP contribution in [0.4, 0.5) is 0 Å². The fourth-order valence-electron chi connectivity index (χ4n) is 3.34. The smallest absolute Gasteiger partial charge is 0.133 e. The van der Waals surface area contributed by atoms with Gasteiger partial charge in [-0.2, -0.15) is 0 Å². The first kappa shape index (κ1) is 7.89. The van der Waals surface area contributed by atoms with Gasteiger partial charge in [-0.05, 0) is 55.9 Å². The van der Waals surface area contributed by atoms with Crippen LogP contribution in [0.1, 0.15) is 38.5 Å². The number of fused-ring (bicyclic) bond motifs is 1. The highest BCUT2D eigenvalue weighted by atomic mass is 17.2. The van der Waals surface area contributed by atoms with Crippen molar-refractivity contribution in [2.24, 2.45) is 11.8 Å². The monoisotopic (exact) mass is 192 g/mol. The van der Waals surface area contributed by atoms with Crippen LogP contribution in [0.3, 0.4) is 0 Å². The summed E-state index contributed by atoms with van der Waals surface area (Å²) in [7, 11) is 0. The molecule has 76 valence electrons. The van der Waals surface area contributed by atoms with Gasteiger partial charge in [-0.25, -0.2) is 9.78 Å². The second-order valence-electron chi connectivity index (χ2n) is 5.25. The second-order valence-corrected chi connectivity index (χ2v) is 5.25. The van der Waals surface area contributed by atoms with E-state index in [9.17, 15) is 0 Å². The maximum Gasteiger partial charge on any atom is 0.133 e. The minimum atomic E-state index is 0.0567. The molecule has 0 N–H and O–H groups in total. The van der Waals surface area contributed by atoms with E-state index in [0.29, 0.717) is 6.10 Å². The molecule has 1 atom stereocenters. The van der Waals surface area contributed by atoms with Gasteiger partial charge < -0.3 is 0 Å². The number of hydrogen-bond donors (Lipinski definition) is 0. The van der Waals surface area contributed by atoms with Crippen molar-refractivity contribution in [3.05, 3.63) is 11.6 Å². The predicted octanol–water partition coefficient (Wildman–Crippen LogP) is 2.60. The van der Waals surface area contributed by atoms with Crippen LogP contribution in [0.5, 0.6) is 0 Å². The van der Waals surface area contributed by atoms with Gasteiger partial charge in [-0.15, -0.1) is 0 Å². The van der Waals surface area contributed by atoms with Gasteiger partial charge in [0.2, 0.25) is 0 Å². The molecule has 0 bridgehead atoms. The maximum absolute atomic E-state index is 5.79. The SMILES string of the molecule is C1=C2C(CC1)OOC2(C1CC1)C1CC1. The van der Waals surface area contributed by atoms with E-state index in [1.54, 1.807) is 0 Å². The van der Waals surface area contributed by atoms with Crippen LogP contribution in [-0.4, -0.2) is 11.7 Å². The van der Waals surface area contributed by atoms with E-state index in [1.807, 2.05) is 0 Å². The first-order valence-corrected chi connectivity index (χ1v) is 5.96. The van der Waals surface area contributed by atoms with Gasteiger partial charge in [0, 0.05) is 0 Å². The third kappa shape index (κ3) is 0.842. The molecular formula is C12H16O2. The summed E-state index contributed by atoms with van der Waals surface area (Å²) in [6.07, 6.45) is 10.5. The maximum atomic E-state index is 5.79. The summed E-state index contributed by atoms with van der Waals surface area (Å²) in [5, 5.41) is 0. The number of rotatable bonds is 2. The molecule has 1 unspecified atom stereocenters. The Bertz CT molecular complexity index is 287. The molecule has 3 aliphatic carbocycles. The number of allylic oxidation sites excluding steroid dienone is 1. The van der Waals surface area contributed by atoms with Crippen LogP contribution in [0.25, 0.3) is 0 Å². The Balaban J connectivity index is 1.77. The van der Waals surface area contributed by atoms with Crippen LogP contribution < -0.4 is 0 Å². The molecule has 0 aromatic carbocycles. The molecule has 4 rings (SSSR count).